The van der Waals surface area contributed by atoms with Crippen LogP contribution in [0, 0.1) is 0 Å². The lowest BCUT2D eigenvalue weighted by Gasteiger charge is -2.41. The van der Waals surface area contributed by atoms with E-state index in [-0.39, 0.29) is 18.4 Å². The van der Waals surface area contributed by atoms with Crippen LogP contribution < -0.4 is 5.32 Å². The fourth-order valence-electron chi connectivity index (χ4n) is 3.56. The standard InChI is InChI=1S/C21H25Cl2NO2/c1-14(2)24-21(3,16-7-9-17(22)10-8-16)19(11-12-20(25)26)15-5-4-6-18(23)13-15/h4-10,13-14,19,24H,11-12H2,1-3H3,(H,25,26)/t19-,21?/m1/s1. The average molecular weight is 394 g/mol. The van der Waals surface area contributed by atoms with E-state index in [1.54, 1.807) is 0 Å². The highest BCUT2D eigenvalue weighted by atomic mass is 35.5. The van der Waals surface area contributed by atoms with Gasteiger partial charge in [-0.1, -0.05) is 61.3 Å². The summed E-state index contributed by atoms with van der Waals surface area (Å²) < 4.78 is 0. The van der Waals surface area contributed by atoms with Crippen LogP contribution in [0.3, 0.4) is 0 Å². The third-order valence-electron chi connectivity index (χ3n) is 4.63. The quantitative estimate of drug-likeness (QED) is 0.590. The molecule has 2 aromatic carbocycles. The predicted molar refractivity (Wildman–Crippen MR) is 108 cm³/mol. The van der Waals surface area contributed by atoms with Crippen molar-refractivity contribution in [1.82, 2.24) is 5.32 Å². The lowest BCUT2D eigenvalue weighted by molar-refractivity contribution is -0.137. The van der Waals surface area contributed by atoms with Crippen LogP contribution in [0.15, 0.2) is 48.5 Å². The van der Waals surface area contributed by atoms with Gasteiger partial charge in [-0.15, -0.1) is 0 Å². The summed E-state index contributed by atoms with van der Waals surface area (Å²) in [6.07, 6.45) is 0.578. The van der Waals surface area contributed by atoms with Gasteiger partial charge in [0.2, 0.25) is 0 Å². The topological polar surface area (TPSA) is 49.3 Å². The minimum atomic E-state index is -0.806. The number of carboxylic acid groups (broad SMARTS) is 1. The van der Waals surface area contributed by atoms with Crippen LogP contribution in [-0.2, 0) is 10.3 Å². The van der Waals surface area contributed by atoms with Gasteiger partial charge < -0.3 is 10.4 Å². The zero-order chi connectivity index (χ0) is 19.3. The van der Waals surface area contributed by atoms with E-state index in [4.69, 9.17) is 23.2 Å². The second-order valence-electron chi connectivity index (χ2n) is 7.05. The highest BCUT2D eigenvalue weighted by Gasteiger charge is 2.37. The molecule has 0 bridgehead atoms. The van der Waals surface area contributed by atoms with E-state index < -0.39 is 11.5 Å². The number of aliphatic carboxylic acids is 1. The van der Waals surface area contributed by atoms with E-state index in [0.29, 0.717) is 16.5 Å². The number of nitrogens with one attached hydrogen (secondary N) is 1. The summed E-state index contributed by atoms with van der Waals surface area (Å²) in [5, 5.41) is 14.2. The Kier molecular flexibility index (Phi) is 7.10. The summed E-state index contributed by atoms with van der Waals surface area (Å²) in [6, 6.07) is 15.6. The summed E-state index contributed by atoms with van der Waals surface area (Å²) in [5.41, 5.74) is 1.61. The molecule has 0 amide bonds. The Morgan fingerprint density at radius 3 is 2.31 bits per heavy atom. The number of hydrogen-bond donors (Lipinski definition) is 2. The molecule has 26 heavy (non-hydrogen) atoms. The van der Waals surface area contributed by atoms with Crippen LogP contribution in [0.4, 0.5) is 0 Å². The summed E-state index contributed by atoms with van der Waals surface area (Å²) in [4.78, 5) is 11.3. The Labute approximate surface area is 165 Å². The molecular formula is C21H25Cl2NO2. The van der Waals surface area contributed by atoms with Crippen molar-refractivity contribution < 1.29 is 9.90 Å². The lowest BCUT2D eigenvalue weighted by Crippen LogP contribution is -2.48. The molecule has 0 radical (unpaired) electrons. The molecule has 2 atom stereocenters. The molecule has 140 valence electrons. The van der Waals surface area contributed by atoms with Crippen LogP contribution >= 0.6 is 23.2 Å². The molecular weight excluding hydrogens is 369 g/mol. The van der Waals surface area contributed by atoms with Gasteiger partial charge in [0, 0.05) is 34.0 Å². The first-order chi connectivity index (χ1) is 12.2. The number of carboxylic acids is 1. The first-order valence-corrected chi connectivity index (χ1v) is 9.49. The van der Waals surface area contributed by atoms with Crippen molar-refractivity contribution in [2.75, 3.05) is 0 Å². The molecule has 0 aromatic heterocycles. The largest absolute Gasteiger partial charge is 0.481 e. The molecule has 2 rings (SSSR count). The molecule has 0 heterocycles. The second-order valence-corrected chi connectivity index (χ2v) is 7.92. The smallest absolute Gasteiger partial charge is 0.303 e. The van der Waals surface area contributed by atoms with Crippen molar-refractivity contribution >= 4 is 29.2 Å². The van der Waals surface area contributed by atoms with Gasteiger partial charge >= 0.3 is 5.97 Å². The first kappa shape index (κ1) is 20.8. The molecule has 0 fully saturated rings. The number of rotatable bonds is 8. The molecule has 5 heteroatoms. The molecule has 0 spiro atoms. The highest BCUT2D eigenvalue weighted by Crippen LogP contribution is 2.41. The van der Waals surface area contributed by atoms with Gasteiger partial charge in [0.05, 0.1) is 0 Å². The molecule has 0 aliphatic heterocycles. The summed E-state index contributed by atoms with van der Waals surface area (Å²) in [7, 11) is 0. The van der Waals surface area contributed by atoms with Crippen molar-refractivity contribution in [1.29, 1.82) is 0 Å². The van der Waals surface area contributed by atoms with Crippen LogP contribution in [0.5, 0.6) is 0 Å². The van der Waals surface area contributed by atoms with E-state index in [1.807, 2.05) is 48.5 Å². The Balaban J connectivity index is 2.56. The maximum Gasteiger partial charge on any atom is 0.303 e. The zero-order valence-corrected chi connectivity index (χ0v) is 16.8. The average Bonchev–Trinajstić information content (AvgIpc) is 2.54. The summed E-state index contributed by atoms with van der Waals surface area (Å²) >= 11 is 12.3. The molecule has 0 saturated carbocycles. The van der Waals surface area contributed by atoms with Gasteiger partial charge in [0.1, 0.15) is 0 Å². The predicted octanol–water partition coefficient (Wildman–Crippen LogP) is 5.86. The molecule has 3 nitrogen and oxygen atoms in total. The lowest BCUT2D eigenvalue weighted by atomic mass is 9.73. The van der Waals surface area contributed by atoms with E-state index in [2.05, 4.69) is 26.1 Å². The third-order valence-corrected chi connectivity index (χ3v) is 5.11. The summed E-state index contributed by atoms with van der Waals surface area (Å²) in [6.45, 7) is 6.28. The zero-order valence-electron chi connectivity index (χ0n) is 15.3. The van der Waals surface area contributed by atoms with Crippen molar-refractivity contribution in [2.24, 2.45) is 0 Å². The second kappa shape index (κ2) is 8.90. The highest BCUT2D eigenvalue weighted by molar-refractivity contribution is 6.30. The maximum atomic E-state index is 11.3. The monoisotopic (exact) mass is 393 g/mol. The first-order valence-electron chi connectivity index (χ1n) is 8.73. The van der Waals surface area contributed by atoms with Gasteiger partial charge in [-0.05, 0) is 48.7 Å². The van der Waals surface area contributed by atoms with Gasteiger partial charge in [-0.2, -0.15) is 0 Å². The van der Waals surface area contributed by atoms with Crippen molar-refractivity contribution in [2.45, 2.75) is 51.1 Å². The van der Waals surface area contributed by atoms with E-state index >= 15 is 0 Å². The number of benzene rings is 2. The Bertz CT molecular complexity index is 746. The van der Waals surface area contributed by atoms with Crippen LogP contribution in [0.1, 0.15) is 50.7 Å². The van der Waals surface area contributed by atoms with E-state index in [1.165, 1.54) is 0 Å². The van der Waals surface area contributed by atoms with Crippen molar-refractivity contribution in [3.8, 4) is 0 Å². The van der Waals surface area contributed by atoms with Gasteiger partial charge in [0.25, 0.3) is 0 Å². The van der Waals surface area contributed by atoms with Gasteiger partial charge in [-0.25, -0.2) is 0 Å². The molecule has 2 N–H and O–H groups in total. The molecule has 2 aromatic rings. The van der Waals surface area contributed by atoms with E-state index in [0.717, 1.165) is 11.1 Å². The van der Waals surface area contributed by atoms with E-state index in [9.17, 15) is 9.90 Å². The maximum absolute atomic E-state index is 11.3. The third kappa shape index (κ3) is 5.23. The number of halogens is 2. The Hall–Kier alpha value is -1.55. The minimum Gasteiger partial charge on any atom is -0.481 e. The SMILES string of the molecule is CC(C)NC(C)(c1ccc(Cl)cc1)[C@H](CCC(=O)O)c1cccc(Cl)c1. The van der Waals surface area contributed by atoms with Crippen molar-refractivity contribution in [3.05, 3.63) is 69.7 Å². The Morgan fingerprint density at radius 2 is 1.77 bits per heavy atom. The van der Waals surface area contributed by atoms with Crippen molar-refractivity contribution in [3.63, 3.8) is 0 Å². The molecule has 0 saturated heterocycles. The minimum absolute atomic E-state index is 0.0686. The van der Waals surface area contributed by atoms with Gasteiger partial charge in [0.15, 0.2) is 0 Å². The van der Waals surface area contributed by atoms with Crippen LogP contribution in [-0.4, -0.2) is 17.1 Å². The van der Waals surface area contributed by atoms with Crippen LogP contribution in [0.25, 0.3) is 0 Å². The van der Waals surface area contributed by atoms with Crippen LogP contribution in [0.2, 0.25) is 10.0 Å². The molecule has 1 unspecified atom stereocenters. The molecule has 0 aliphatic rings. The Morgan fingerprint density at radius 1 is 1.12 bits per heavy atom. The van der Waals surface area contributed by atoms with Gasteiger partial charge in [-0.3, -0.25) is 4.79 Å². The normalized spacial score (nSPS) is 14.8. The summed E-state index contributed by atoms with van der Waals surface area (Å²) in [5.74, 6) is -0.874. The number of carbonyl (C=O) groups is 1. The number of hydrogen-bond acceptors (Lipinski definition) is 2. The molecule has 0 aliphatic carbocycles. The fourth-order valence-corrected chi connectivity index (χ4v) is 3.89. The fraction of sp³-hybridized carbons (Fsp3) is 0.381.